The molecule has 3 N–H and O–H groups in total. The Balaban J connectivity index is 1.92. The molecule has 0 fully saturated rings. The summed E-state index contributed by atoms with van der Waals surface area (Å²) in [6.45, 7) is 0. The van der Waals surface area contributed by atoms with Crippen LogP contribution in [0.15, 0.2) is 53.5 Å². The molecule has 0 aliphatic carbocycles. The Morgan fingerprint density at radius 1 is 1.11 bits per heavy atom. The Morgan fingerprint density at radius 2 is 1.85 bits per heavy atom. The molecular formula is C21H15N3O3. The molecular weight excluding hydrogens is 342 g/mol. The van der Waals surface area contributed by atoms with Crippen LogP contribution in [0.2, 0.25) is 0 Å². The van der Waals surface area contributed by atoms with E-state index in [4.69, 9.17) is 10.4 Å². The number of carboxylic acid groups (broad SMARTS) is 1. The zero-order valence-corrected chi connectivity index (χ0v) is 14.2. The Bertz CT molecular complexity index is 1270. The first kappa shape index (κ1) is 16.6. The van der Waals surface area contributed by atoms with Crippen molar-refractivity contribution in [3.05, 3.63) is 70.1 Å². The predicted molar refractivity (Wildman–Crippen MR) is 103 cm³/mol. The van der Waals surface area contributed by atoms with E-state index in [9.17, 15) is 9.59 Å². The number of aromatic nitrogens is 2. The average Bonchev–Trinajstić information content (AvgIpc) is 3.11. The normalized spacial score (nSPS) is 10.9. The van der Waals surface area contributed by atoms with Crippen molar-refractivity contribution in [1.82, 2.24) is 9.97 Å². The van der Waals surface area contributed by atoms with Crippen molar-refractivity contribution in [3.63, 3.8) is 0 Å². The molecule has 0 saturated heterocycles. The van der Waals surface area contributed by atoms with E-state index in [-0.39, 0.29) is 12.0 Å². The summed E-state index contributed by atoms with van der Waals surface area (Å²) < 4.78 is 0. The number of carboxylic acids is 1. The molecule has 0 bridgehead atoms. The molecule has 0 unspecified atom stereocenters. The van der Waals surface area contributed by atoms with Gasteiger partial charge in [-0.25, -0.2) is 0 Å². The third-order valence-corrected chi connectivity index (χ3v) is 4.68. The summed E-state index contributed by atoms with van der Waals surface area (Å²) in [4.78, 5) is 29.1. The van der Waals surface area contributed by atoms with Gasteiger partial charge in [-0.15, -0.1) is 0 Å². The van der Waals surface area contributed by atoms with Crippen molar-refractivity contribution in [2.24, 2.45) is 0 Å². The van der Waals surface area contributed by atoms with Crippen molar-refractivity contribution in [1.29, 1.82) is 5.26 Å². The second-order valence-corrected chi connectivity index (χ2v) is 6.36. The number of fused-ring (bicyclic) bond motifs is 3. The van der Waals surface area contributed by atoms with Gasteiger partial charge < -0.3 is 15.1 Å². The van der Waals surface area contributed by atoms with E-state index >= 15 is 0 Å². The zero-order valence-electron chi connectivity index (χ0n) is 14.2. The highest BCUT2D eigenvalue weighted by Crippen LogP contribution is 2.30. The van der Waals surface area contributed by atoms with Crippen molar-refractivity contribution < 1.29 is 9.90 Å². The van der Waals surface area contributed by atoms with E-state index in [0.29, 0.717) is 23.0 Å². The molecule has 0 spiro atoms. The number of rotatable bonds is 4. The fourth-order valence-electron chi connectivity index (χ4n) is 3.35. The van der Waals surface area contributed by atoms with Crippen LogP contribution >= 0.6 is 0 Å². The molecule has 0 atom stereocenters. The number of H-pyrrole nitrogens is 2. The number of hydrogen-bond acceptors (Lipinski definition) is 3. The third-order valence-electron chi connectivity index (χ3n) is 4.68. The van der Waals surface area contributed by atoms with Crippen LogP contribution < -0.4 is 5.56 Å². The van der Waals surface area contributed by atoms with Gasteiger partial charge >= 0.3 is 5.97 Å². The molecule has 0 saturated carbocycles. The topological polar surface area (TPSA) is 110 Å². The summed E-state index contributed by atoms with van der Waals surface area (Å²) in [5, 5.41) is 19.5. The minimum absolute atomic E-state index is 0.00341. The molecule has 132 valence electrons. The van der Waals surface area contributed by atoms with Gasteiger partial charge in [0.05, 0.1) is 11.6 Å². The van der Waals surface area contributed by atoms with Crippen LogP contribution in [0.1, 0.15) is 17.5 Å². The quantitative estimate of drug-likeness (QED) is 0.518. The molecule has 2 aromatic carbocycles. The van der Waals surface area contributed by atoms with Crippen molar-refractivity contribution in [2.45, 2.75) is 12.8 Å². The highest BCUT2D eigenvalue weighted by atomic mass is 16.4. The number of carbonyl (C=O) groups is 1. The number of aryl methyl sites for hydroxylation is 1. The van der Waals surface area contributed by atoms with E-state index < -0.39 is 5.97 Å². The lowest BCUT2D eigenvalue weighted by molar-refractivity contribution is -0.136. The first-order valence-corrected chi connectivity index (χ1v) is 8.45. The van der Waals surface area contributed by atoms with Gasteiger partial charge in [-0.05, 0) is 47.4 Å². The number of aliphatic carboxylic acids is 1. The second kappa shape index (κ2) is 6.46. The zero-order chi connectivity index (χ0) is 19.0. The van der Waals surface area contributed by atoms with Gasteiger partial charge in [0.2, 0.25) is 0 Å². The number of benzene rings is 2. The summed E-state index contributed by atoms with van der Waals surface area (Å²) in [6, 6.07) is 15.1. The first-order chi connectivity index (χ1) is 13.1. The van der Waals surface area contributed by atoms with E-state index in [1.807, 2.05) is 30.3 Å². The van der Waals surface area contributed by atoms with Crippen LogP contribution in [-0.4, -0.2) is 21.0 Å². The maximum absolute atomic E-state index is 12.3. The van der Waals surface area contributed by atoms with Crippen molar-refractivity contribution in [3.8, 4) is 17.2 Å². The summed E-state index contributed by atoms with van der Waals surface area (Å²) in [5.41, 5.74) is 4.21. The SMILES string of the molecule is N#Cc1ccc(-c2ccc3[nH]c(=O)c4[nH]cc(CCC(=O)O)c4c3c2)cc1. The minimum Gasteiger partial charge on any atom is -0.481 e. The first-order valence-electron chi connectivity index (χ1n) is 8.45. The molecule has 0 radical (unpaired) electrons. The predicted octanol–water partition coefficient (Wildman–Crippen LogP) is 3.57. The summed E-state index contributed by atoms with van der Waals surface area (Å²) in [6.07, 6.45) is 2.04. The van der Waals surface area contributed by atoms with E-state index in [1.54, 1.807) is 18.3 Å². The Kier molecular flexibility index (Phi) is 3.98. The van der Waals surface area contributed by atoms with Gasteiger partial charge in [-0.1, -0.05) is 18.2 Å². The highest BCUT2D eigenvalue weighted by molar-refractivity contribution is 6.07. The van der Waals surface area contributed by atoms with Gasteiger partial charge in [-0.2, -0.15) is 5.26 Å². The van der Waals surface area contributed by atoms with Gasteiger partial charge in [0.25, 0.3) is 5.56 Å². The van der Waals surface area contributed by atoms with Crippen molar-refractivity contribution >= 4 is 27.8 Å². The van der Waals surface area contributed by atoms with Crippen LogP contribution in [-0.2, 0) is 11.2 Å². The van der Waals surface area contributed by atoms with Crippen LogP contribution in [0.3, 0.4) is 0 Å². The molecule has 27 heavy (non-hydrogen) atoms. The van der Waals surface area contributed by atoms with E-state index in [2.05, 4.69) is 16.0 Å². The lowest BCUT2D eigenvalue weighted by atomic mass is 9.99. The largest absolute Gasteiger partial charge is 0.481 e. The number of hydrogen-bond donors (Lipinski definition) is 3. The summed E-state index contributed by atoms with van der Waals surface area (Å²) in [7, 11) is 0. The van der Waals surface area contributed by atoms with Gasteiger partial charge in [-0.3, -0.25) is 9.59 Å². The maximum Gasteiger partial charge on any atom is 0.303 e. The lowest BCUT2D eigenvalue weighted by Gasteiger charge is -2.07. The van der Waals surface area contributed by atoms with Crippen LogP contribution in [0.5, 0.6) is 0 Å². The standard InChI is InChI=1S/C21H15N3O3/c22-10-12-1-3-13(4-2-12)14-5-7-17-16(9-14)19-15(6-8-18(25)26)11-23-20(19)21(27)24-17/h1-5,7,9,11,23H,6,8H2,(H,24,27)(H,25,26). The van der Waals surface area contributed by atoms with Gasteiger partial charge in [0, 0.05) is 28.9 Å². The summed E-state index contributed by atoms with van der Waals surface area (Å²) in [5.74, 6) is -0.878. The molecule has 6 heteroatoms. The molecule has 4 rings (SSSR count). The molecule has 6 nitrogen and oxygen atoms in total. The molecule has 2 heterocycles. The number of nitrogens with one attached hydrogen (secondary N) is 2. The Morgan fingerprint density at radius 3 is 2.56 bits per heavy atom. The molecule has 4 aromatic rings. The molecule has 0 aliphatic heterocycles. The summed E-state index contributed by atoms with van der Waals surface area (Å²) >= 11 is 0. The smallest absolute Gasteiger partial charge is 0.303 e. The number of nitriles is 1. The molecule has 2 aromatic heterocycles. The number of nitrogens with zero attached hydrogens (tertiary/aromatic N) is 1. The second-order valence-electron chi connectivity index (χ2n) is 6.36. The number of aromatic amines is 2. The van der Waals surface area contributed by atoms with Crippen LogP contribution in [0, 0.1) is 11.3 Å². The molecule has 0 aliphatic rings. The third kappa shape index (κ3) is 2.96. The Hall–Kier alpha value is -3.85. The fraction of sp³-hybridized carbons (Fsp3) is 0.0952. The Labute approximate surface area is 153 Å². The van der Waals surface area contributed by atoms with Crippen LogP contribution in [0.4, 0.5) is 0 Å². The fourth-order valence-corrected chi connectivity index (χ4v) is 3.35. The van der Waals surface area contributed by atoms with Gasteiger partial charge in [0.1, 0.15) is 5.52 Å². The van der Waals surface area contributed by atoms with Crippen molar-refractivity contribution in [2.75, 3.05) is 0 Å². The van der Waals surface area contributed by atoms with E-state index in [0.717, 1.165) is 27.5 Å². The highest BCUT2D eigenvalue weighted by Gasteiger charge is 2.13. The monoisotopic (exact) mass is 357 g/mol. The van der Waals surface area contributed by atoms with Crippen LogP contribution in [0.25, 0.3) is 32.9 Å². The maximum atomic E-state index is 12.3. The van der Waals surface area contributed by atoms with Gasteiger partial charge in [0.15, 0.2) is 0 Å². The van der Waals surface area contributed by atoms with E-state index in [1.165, 1.54) is 0 Å². The number of pyridine rings is 1. The average molecular weight is 357 g/mol. The molecule has 0 amide bonds. The lowest BCUT2D eigenvalue weighted by Crippen LogP contribution is -2.06. The minimum atomic E-state index is -0.878.